The van der Waals surface area contributed by atoms with E-state index >= 15 is 0 Å². The van der Waals surface area contributed by atoms with Gasteiger partial charge in [0, 0.05) is 13.0 Å². The van der Waals surface area contributed by atoms with Crippen LogP contribution in [0.3, 0.4) is 0 Å². The van der Waals surface area contributed by atoms with Gasteiger partial charge in [0.05, 0.1) is 9.26 Å². The van der Waals surface area contributed by atoms with Crippen LogP contribution in [-0.2, 0) is 0 Å². The van der Waals surface area contributed by atoms with Gasteiger partial charge in [0.15, 0.2) is 0 Å². The fraction of sp³-hybridized carbons (Fsp3) is 0.692. The molecule has 17 heavy (non-hydrogen) atoms. The number of halogens is 1. The van der Waals surface area contributed by atoms with Gasteiger partial charge in [0.2, 0.25) is 0 Å². The first-order chi connectivity index (χ1) is 8.13. The molecule has 0 atom stereocenters. The van der Waals surface area contributed by atoms with Crippen LogP contribution >= 0.6 is 22.6 Å². The van der Waals surface area contributed by atoms with Gasteiger partial charge >= 0.3 is 0 Å². The molecule has 0 bridgehead atoms. The summed E-state index contributed by atoms with van der Waals surface area (Å²) >= 11 is 2.35. The summed E-state index contributed by atoms with van der Waals surface area (Å²) in [6, 6.07) is 0. The molecule has 1 aliphatic rings. The predicted octanol–water partition coefficient (Wildman–Crippen LogP) is 3.90. The lowest BCUT2D eigenvalue weighted by atomic mass is 10.1. The zero-order chi connectivity index (χ0) is 12.4. The van der Waals surface area contributed by atoms with Gasteiger partial charge in [-0.1, -0.05) is 26.7 Å². The third kappa shape index (κ3) is 2.72. The lowest BCUT2D eigenvalue weighted by Crippen LogP contribution is -2.10. The zero-order valence-corrected chi connectivity index (χ0v) is 12.9. The summed E-state index contributed by atoms with van der Waals surface area (Å²) in [6.45, 7) is 4.39. The minimum atomic E-state index is 0.456. The summed E-state index contributed by atoms with van der Waals surface area (Å²) in [6.07, 6.45) is 5.15. The number of aromatic nitrogens is 2. The molecule has 1 N–H and O–H groups in total. The van der Waals surface area contributed by atoms with E-state index in [1.807, 2.05) is 7.05 Å². The largest absolute Gasteiger partial charge is 0.372 e. The molecule has 1 heterocycles. The van der Waals surface area contributed by atoms with E-state index in [0.717, 1.165) is 11.6 Å². The average Bonchev–Trinajstić information content (AvgIpc) is 2.82. The van der Waals surface area contributed by atoms with E-state index in [-0.39, 0.29) is 0 Å². The SMILES string of the molecule is CNc1nc(C2CCCC2)nc(C(C)C)c1I. The van der Waals surface area contributed by atoms with Gasteiger partial charge in [-0.25, -0.2) is 9.97 Å². The number of nitrogens with zero attached hydrogens (tertiary/aromatic N) is 2. The highest BCUT2D eigenvalue weighted by Crippen LogP contribution is 2.34. The molecule has 0 aromatic carbocycles. The van der Waals surface area contributed by atoms with Crippen LogP contribution in [0.25, 0.3) is 0 Å². The van der Waals surface area contributed by atoms with Crippen molar-refractivity contribution < 1.29 is 0 Å². The van der Waals surface area contributed by atoms with E-state index in [0.29, 0.717) is 11.8 Å². The van der Waals surface area contributed by atoms with Crippen molar-refractivity contribution in [1.82, 2.24) is 9.97 Å². The summed E-state index contributed by atoms with van der Waals surface area (Å²) in [7, 11) is 1.94. The normalized spacial score (nSPS) is 16.8. The molecule has 4 heteroatoms. The maximum atomic E-state index is 4.80. The van der Waals surface area contributed by atoms with Crippen LogP contribution in [0.4, 0.5) is 5.82 Å². The number of hydrogen-bond acceptors (Lipinski definition) is 3. The minimum Gasteiger partial charge on any atom is -0.372 e. The van der Waals surface area contributed by atoms with E-state index in [2.05, 4.69) is 46.7 Å². The van der Waals surface area contributed by atoms with Crippen LogP contribution in [-0.4, -0.2) is 17.0 Å². The molecule has 0 saturated heterocycles. The highest BCUT2D eigenvalue weighted by Gasteiger charge is 2.23. The fourth-order valence-electron chi connectivity index (χ4n) is 2.40. The second-order valence-corrected chi connectivity index (χ2v) is 6.09. The molecular weight excluding hydrogens is 325 g/mol. The second-order valence-electron chi connectivity index (χ2n) is 5.02. The molecule has 0 spiro atoms. The Hall–Kier alpha value is -0.390. The third-order valence-electron chi connectivity index (χ3n) is 3.40. The topological polar surface area (TPSA) is 37.8 Å². The molecule has 0 unspecified atom stereocenters. The molecule has 1 aromatic heterocycles. The van der Waals surface area contributed by atoms with Crippen LogP contribution in [0.1, 0.15) is 62.9 Å². The van der Waals surface area contributed by atoms with Gasteiger partial charge < -0.3 is 5.32 Å². The van der Waals surface area contributed by atoms with Crippen LogP contribution in [0.5, 0.6) is 0 Å². The van der Waals surface area contributed by atoms with Crippen molar-refractivity contribution in [3.63, 3.8) is 0 Å². The lowest BCUT2D eigenvalue weighted by molar-refractivity contribution is 0.651. The molecule has 1 saturated carbocycles. The molecular formula is C13H20IN3. The molecule has 1 aromatic rings. The first-order valence-corrected chi connectivity index (χ1v) is 7.46. The van der Waals surface area contributed by atoms with E-state index in [4.69, 9.17) is 4.98 Å². The monoisotopic (exact) mass is 345 g/mol. The third-order valence-corrected chi connectivity index (χ3v) is 4.46. The van der Waals surface area contributed by atoms with Crippen LogP contribution in [0, 0.1) is 3.57 Å². The molecule has 94 valence electrons. The standard InChI is InChI=1S/C13H20IN3/c1-8(2)11-10(14)13(15-3)17-12(16-11)9-6-4-5-7-9/h8-9H,4-7H2,1-3H3,(H,15,16,17). The van der Waals surface area contributed by atoms with Crippen molar-refractivity contribution in [3.8, 4) is 0 Å². The van der Waals surface area contributed by atoms with Gasteiger partial charge in [-0.3, -0.25) is 0 Å². The van der Waals surface area contributed by atoms with E-state index < -0.39 is 0 Å². The Bertz CT molecular complexity index is 398. The zero-order valence-electron chi connectivity index (χ0n) is 10.8. The lowest BCUT2D eigenvalue weighted by Gasteiger charge is -2.16. The van der Waals surface area contributed by atoms with Crippen LogP contribution < -0.4 is 5.32 Å². The smallest absolute Gasteiger partial charge is 0.143 e. The fourth-order valence-corrected chi connectivity index (χ4v) is 3.53. The predicted molar refractivity (Wildman–Crippen MR) is 79.6 cm³/mol. The first-order valence-electron chi connectivity index (χ1n) is 6.38. The summed E-state index contributed by atoms with van der Waals surface area (Å²) in [5, 5.41) is 3.20. The Kier molecular flexibility index (Phi) is 4.22. The summed E-state index contributed by atoms with van der Waals surface area (Å²) < 4.78 is 1.17. The van der Waals surface area contributed by atoms with E-state index in [9.17, 15) is 0 Å². The highest BCUT2D eigenvalue weighted by molar-refractivity contribution is 14.1. The summed E-state index contributed by atoms with van der Waals surface area (Å²) in [4.78, 5) is 9.49. The van der Waals surface area contributed by atoms with Gasteiger partial charge in [-0.15, -0.1) is 0 Å². The number of nitrogens with one attached hydrogen (secondary N) is 1. The minimum absolute atomic E-state index is 0.456. The van der Waals surface area contributed by atoms with Crippen molar-refractivity contribution in [2.45, 2.75) is 51.4 Å². The van der Waals surface area contributed by atoms with Crippen LogP contribution in [0.2, 0.25) is 0 Å². The molecule has 1 aliphatic carbocycles. The van der Waals surface area contributed by atoms with Crippen molar-refractivity contribution in [2.24, 2.45) is 0 Å². The Labute approximate surface area is 117 Å². The molecule has 0 aliphatic heterocycles. The average molecular weight is 345 g/mol. The summed E-state index contributed by atoms with van der Waals surface area (Å²) in [5.74, 6) is 3.08. The highest BCUT2D eigenvalue weighted by atomic mass is 127. The maximum Gasteiger partial charge on any atom is 0.143 e. The summed E-state index contributed by atoms with van der Waals surface area (Å²) in [5.41, 5.74) is 1.19. The second kappa shape index (κ2) is 5.50. The molecule has 2 rings (SSSR count). The van der Waals surface area contributed by atoms with Crippen molar-refractivity contribution in [2.75, 3.05) is 12.4 Å². The van der Waals surface area contributed by atoms with Crippen molar-refractivity contribution in [1.29, 1.82) is 0 Å². The molecule has 1 fully saturated rings. The first kappa shape index (κ1) is 13.1. The Morgan fingerprint density at radius 3 is 2.41 bits per heavy atom. The maximum absolute atomic E-state index is 4.80. The molecule has 0 radical (unpaired) electrons. The quantitative estimate of drug-likeness (QED) is 0.845. The van der Waals surface area contributed by atoms with Gasteiger partial charge in [-0.2, -0.15) is 0 Å². The Morgan fingerprint density at radius 1 is 1.24 bits per heavy atom. The number of anilines is 1. The molecule has 3 nitrogen and oxygen atoms in total. The van der Waals surface area contributed by atoms with Crippen molar-refractivity contribution >= 4 is 28.4 Å². The van der Waals surface area contributed by atoms with Gasteiger partial charge in [0.1, 0.15) is 11.6 Å². The van der Waals surface area contributed by atoms with E-state index in [1.165, 1.54) is 34.9 Å². The van der Waals surface area contributed by atoms with Crippen molar-refractivity contribution in [3.05, 3.63) is 15.1 Å². The van der Waals surface area contributed by atoms with Gasteiger partial charge in [0.25, 0.3) is 0 Å². The van der Waals surface area contributed by atoms with Gasteiger partial charge in [-0.05, 0) is 41.4 Å². The van der Waals surface area contributed by atoms with Crippen LogP contribution in [0.15, 0.2) is 0 Å². The molecule has 0 amide bonds. The number of rotatable bonds is 3. The Morgan fingerprint density at radius 2 is 1.88 bits per heavy atom. The number of hydrogen-bond donors (Lipinski definition) is 1. The van der Waals surface area contributed by atoms with E-state index in [1.54, 1.807) is 0 Å². The Balaban J connectivity index is 2.42.